The van der Waals surface area contributed by atoms with E-state index in [1.165, 1.54) is 32.1 Å². The highest BCUT2D eigenvalue weighted by Crippen LogP contribution is 2.21. The van der Waals surface area contributed by atoms with E-state index in [0.717, 1.165) is 11.7 Å². The van der Waals surface area contributed by atoms with E-state index in [1.54, 1.807) is 0 Å². The van der Waals surface area contributed by atoms with Gasteiger partial charge in [0.1, 0.15) is 0 Å². The van der Waals surface area contributed by atoms with Crippen molar-refractivity contribution in [2.24, 2.45) is 0 Å². The summed E-state index contributed by atoms with van der Waals surface area (Å²) in [5.41, 5.74) is 0. The van der Waals surface area contributed by atoms with Crippen molar-refractivity contribution in [3.05, 3.63) is 0 Å². The van der Waals surface area contributed by atoms with Crippen LogP contribution in [-0.4, -0.2) is 29.6 Å². The molecule has 13 heavy (non-hydrogen) atoms. The molecule has 0 atom stereocenters. The summed E-state index contributed by atoms with van der Waals surface area (Å²) >= 11 is 5.27. The van der Waals surface area contributed by atoms with E-state index in [4.69, 9.17) is 12.2 Å². The van der Waals surface area contributed by atoms with Gasteiger partial charge in [0.25, 0.3) is 0 Å². The summed E-state index contributed by atoms with van der Waals surface area (Å²) in [6.45, 7) is 3.01. The molecule has 76 valence electrons. The van der Waals surface area contributed by atoms with E-state index in [1.807, 2.05) is 0 Å². The molecule has 0 aliphatic heterocycles. The molecule has 0 unspecified atom stereocenters. The molecule has 2 nitrogen and oxygen atoms in total. The minimum atomic E-state index is 0.681. The lowest BCUT2D eigenvalue weighted by molar-refractivity contribution is 0.276. The first-order valence-electron chi connectivity index (χ1n) is 5.26. The van der Waals surface area contributed by atoms with Crippen LogP contribution in [0, 0.1) is 0 Å². The molecular weight excluding hydrogens is 180 g/mol. The molecule has 0 amide bonds. The van der Waals surface area contributed by atoms with Gasteiger partial charge in [0.05, 0.1) is 0 Å². The number of nitrogens with zero attached hydrogens (tertiary/aromatic N) is 1. The van der Waals surface area contributed by atoms with Crippen molar-refractivity contribution in [2.75, 3.05) is 13.6 Å². The van der Waals surface area contributed by atoms with Crippen molar-refractivity contribution in [3.8, 4) is 0 Å². The lowest BCUT2D eigenvalue weighted by Gasteiger charge is -2.33. The van der Waals surface area contributed by atoms with E-state index >= 15 is 0 Å². The van der Waals surface area contributed by atoms with Crippen molar-refractivity contribution >= 4 is 17.3 Å². The Morgan fingerprint density at radius 2 is 2.00 bits per heavy atom. The average Bonchev–Trinajstić information content (AvgIpc) is 2.18. The third-order valence-corrected chi connectivity index (χ3v) is 3.20. The van der Waals surface area contributed by atoms with Crippen LogP contribution in [0.1, 0.15) is 39.0 Å². The maximum absolute atomic E-state index is 5.27. The largest absolute Gasteiger partial charge is 0.363 e. The predicted octanol–water partition coefficient (Wildman–Crippen LogP) is 2.15. The molecule has 1 rings (SSSR count). The smallest absolute Gasteiger partial charge is 0.168 e. The van der Waals surface area contributed by atoms with Crippen molar-refractivity contribution in [1.29, 1.82) is 0 Å². The molecule has 3 heteroatoms. The lowest BCUT2D eigenvalue weighted by atomic mass is 9.95. The van der Waals surface area contributed by atoms with Crippen molar-refractivity contribution < 1.29 is 0 Å². The Bertz CT molecular complexity index is 164. The van der Waals surface area contributed by atoms with E-state index < -0.39 is 0 Å². The van der Waals surface area contributed by atoms with Crippen molar-refractivity contribution in [3.63, 3.8) is 0 Å². The van der Waals surface area contributed by atoms with Crippen molar-refractivity contribution in [1.82, 2.24) is 10.2 Å². The normalized spacial score (nSPS) is 18.3. The van der Waals surface area contributed by atoms with Gasteiger partial charge in [-0.25, -0.2) is 0 Å². The van der Waals surface area contributed by atoms with Gasteiger partial charge >= 0.3 is 0 Å². The number of thiocarbonyl (C=S) groups is 1. The third-order valence-electron chi connectivity index (χ3n) is 2.77. The molecule has 1 saturated carbocycles. The average molecular weight is 200 g/mol. The summed E-state index contributed by atoms with van der Waals surface area (Å²) in [6.07, 6.45) is 6.75. The molecular formula is C10H20N2S. The van der Waals surface area contributed by atoms with Crippen LogP contribution in [0.25, 0.3) is 0 Å². The highest BCUT2D eigenvalue weighted by molar-refractivity contribution is 7.80. The Morgan fingerprint density at radius 3 is 2.54 bits per heavy atom. The molecule has 0 spiro atoms. The molecule has 0 saturated heterocycles. The van der Waals surface area contributed by atoms with Gasteiger partial charge in [-0.3, -0.25) is 0 Å². The minimum Gasteiger partial charge on any atom is -0.363 e. The Balaban J connectivity index is 2.35. The number of hydrogen-bond donors (Lipinski definition) is 1. The zero-order valence-corrected chi connectivity index (χ0v) is 9.49. The zero-order valence-electron chi connectivity index (χ0n) is 8.68. The summed E-state index contributed by atoms with van der Waals surface area (Å²) < 4.78 is 0. The van der Waals surface area contributed by atoms with E-state index in [0.29, 0.717) is 6.04 Å². The lowest BCUT2D eigenvalue weighted by Crippen LogP contribution is -2.44. The first-order chi connectivity index (χ1) is 6.25. The standard InChI is InChI=1S/C10H20N2S/c1-3-11-10(13)12(2)9-7-5-4-6-8-9/h9H,3-8H2,1-2H3,(H,11,13). The monoisotopic (exact) mass is 200 g/mol. The van der Waals surface area contributed by atoms with E-state index in [2.05, 4.69) is 24.2 Å². The third kappa shape index (κ3) is 3.14. The van der Waals surface area contributed by atoms with E-state index in [-0.39, 0.29) is 0 Å². The zero-order chi connectivity index (χ0) is 9.68. The number of hydrogen-bond acceptors (Lipinski definition) is 1. The number of nitrogens with one attached hydrogen (secondary N) is 1. The second-order valence-corrected chi connectivity index (χ2v) is 4.12. The van der Waals surface area contributed by atoms with Gasteiger partial charge in [-0.2, -0.15) is 0 Å². The highest BCUT2D eigenvalue weighted by Gasteiger charge is 2.19. The fourth-order valence-electron chi connectivity index (χ4n) is 1.91. The molecule has 0 heterocycles. The number of rotatable bonds is 2. The predicted molar refractivity (Wildman–Crippen MR) is 60.9 cm³/mol. The maximum atomic E-state index is 5.27. The Labute approximate surface area is 86.7 Å². The molecule has 1 fully saturated rings. The summed E-state index contributed by atoms with van der Waals surface area (Å²) in [7, 11) is 2.11. The van der Waals surface area contributed by atoms with Crippen LogP contribution in [0.3, 0.4) is 0 Å². The van der Waals surface area contributed by atoms with Crippen LogP contribution >= 0.6 is 12.2 Å². The minimum absolute atomic E-state index is 0.681. The second kappa shape index (κ2) is 5.43. The second-order valence-electron chi connectivity index (χ2n) is 3.74. The van der Waals surface area contributed by atoms with Crippen LogP contribution < -0.4 is 5.32 Å². The molecule has 1 aliphatic carbocycles. The topological polar surface area (TPSA) is 15.3 Å². The van der Waals surface area contributed by atoms with Gasteiger partial charge in [0.2, 0.25) is 0 Å². The quantitative estimate of drug-likeness (QED) is 0.688. The van der Waals surface area contributed by atoms with Crippen molar-refractivity contribution in [2.45, 2.75) is 45.1 Å². The fraction of sp³-hybridized carbons (Fsp3) is 0.900. The van der Waals surface area contributed by atoms with Gasteiger partial charge in [-0.15, -0.1) is 0 Å². The first-order valence-corrected chi connectivity index (χ1v) is 5.67. The summed E-state index contributed by atoms with van der Waals surface area (Å²) in [5, 5.41) is 4.11. The van der Waals surface area contributed by atoms with Crippen LogP contribution in [-0.2, 0) is 0 Å². The molecule has 0 bridgehead atoms. The van der Waals surface area contributed by atoms with Crippen LogP contribution in [0.2, 0.25) is 0 Å². The van der Waals surface area contributed by atoms with Gasteiger partial charge in [0, 0.05) is 19.6 Å². The van der Waals surface area contributed by atoms with Gasteiger partial charge in [-0.1, -0.05) is 19.3 Å². The van der Waals surface area contributed by atoms with Crippen LogP contribution in [0.5, 0.6) is 0 Å². The SMILES string of the molecule is CCNC(=S)N(C)C1CCCCC1. The highest BCUT2D eigenvalue weighted by atomic mass is 32.1. The molecule has 0 aromatic carbocycles. The van der Waals surface area contributed by atoms with E-state index in [9.17, 15) is 0 Å². The first kappa shape index (κ1) is 10.8. The van der Waals surface area contributed by atoms with Gasteiger partial charge in [0.15, 0.2) is 5.11 Å². The van der Waals surface area contributed by atoms with Gasteiger partial charge in [-0.05, 0) is 32.0 Å². The molecule has 1 aliphatic rings. The Morgan fingerprint density at radius 1 is 1.38 bits per heavy atom. The Kier molecular flexibility index (Phi) is 4.50. The van der Waals surface area contributed by atoms with Crippen LogP contribution in [0.4, 0.5) is 0 Å². The summed E-state index contributed by atoms with van der Waals surface area (Å²) in [4.78, 5) is 2.23. The summed E-state index contributed by atoms with van der Waals surface area (Å²) in [5.74, 6) is 0. The molecule has 1 N–H and O–H groups in total. The fourth-order valence-corrected chi connectivity index (χ4v) is 2.20. The maximum Gasteiger partial charge on any atom is 0.168 e. The molecule has 0 aromatic rings. The van der Waals surface area contributed by atoms with Gasteiger partial charge < -0.3 is 10.2 Å². The summed E-state index contributed by atoms with van der Waals surface area (Å²) in [6, 6.07) is 0.681. The molecule has 0 aromatic heterocycles. The Hall–Kier alpha value is -0.310. The molecule has 0 radical (unpaired) electrons. The van der Waals surface area contributed by atoms with Crippen LogP contribution in [0.15, 0.2) is 0 Å².